The van der Waals surface area contributed by atoms with Crippen LogP contribution in [0.1, 0.15) is 36.5 Å². The van der Waals surface area contributed by atoms with Crippen LogP contribution in [0.15, 0.2) is 78.9 Å². The van der Waals surface area contributed by atoms with Gasteiger partial charge in [-0.3, -0.25) is 4.79 Å². The van der Waals surface area contributed by atoms with Crippen LogP contribution in [-0.4, -0.2) is 23.9 Å². The van der Waals surface area contributed by atoms with Crippen molar-refractivity contribution in [2.45, 2.75) is 25.4 Å². The number of amides is 1. The number of benzene rings is 3. The third kappa shape index (κ3) is 4.52. The van der Waals surface area contributed by atoms with Gasteiger partial charge in [-0.25, -0.2) is 0 Å². The van der Waals surface area contributed by atoms with Crippen LogP contribution >= 0.6 is 0 Å². The van der Waals surface area contributed by atoms with E-state index in [2.05, 4.69) is 6.07 Å². The number of nitrogens with zero attached hydrogens (tertiary/aromatic N) is 2. The first-order valence-corrected chi connectivity index (χ1v) is 10.4. The van der Waals surface area contributed by atoms with Gasteiger partial charge in [0, 0.05) is 18.7 Å². The molecule has 0 saturated carbocycles. The Balaban J connectivity index is 1.55. The smallest absolute Gasteiger partial charge is 0.268 e. The van der Waals surface area contributed by atoms with Crippen molar-refractivity contribution in [2.24, 2.45) is 0 Å². The number of carbonyl (C=O) groups excluding carboxylic acids is 1. The summed E-state index contributed by atoms with van der Waals surface area (Å²) in [5, 5.41) is 8.95. The molecular weight excluding hydrogens is 372 g/mol. The van der Waals surface area contributed by atoms with Gasteiger partial charge >= 0.3 is 0 Å². The molecular formula is C26H24N2O2. The minimum absolute atomic E-state index is 0.0251. The first-order valence-electron chi connectivity index (χ1n) is 10.4. The van der Waals surface area contributed by atoms with E-state index in [-0.39, 0.29) is 5.91 Å². The third-order valence-corrected chi connectivity index (χ3v) is 5.45. The van der Waals surface area contributed by atoms with Gasteiger partial charge in [-0.15, -0.1) is 0 Å². The molecule has 0 aliphatic carbocycles. The molecule has 0 unspecified atom stereocenters. The highest BCUT2D eigenvalue weighted by atomic mass is 16.5. The summed E-state index contributed by atoms with van der Waals surface area (Å²) in [5.74, 6) is 0.684. The van der Waals surface area contributed by atoms with Gasteiger partial charge in [0.1, 0.15) is 5.75 Å². The molecule has 1 heterocycles. The first-order chi connectivity index (χ1) is 14.7. The number of nitriles is 1. The average Bonchev–Trinajstić information content (AvgIpc) is 2.84. The zero-order chi connectivity index (χ0) is 20.8. The minimum Gasteiger partial charge on any atom is -0.476 e. The topological polar surface area (TPSA) is 53.3 Å². The maximum absolute atomic E-state index is 13.2. The molecule has 4 rings (SSSR count). The van der Waals surface area contributed by atoms with Crippen LogP contribution in [0.4, 0.5) is 0 Å². The maximum atomic E-state index is 13.2. The SMILES string of the molecule is N#Cc1ccc(-c2ccc(O[C@H](C(=O)N3CCCCC3)c3ccccc3)cc2)cc1. The fourth-order valence-electron chi connectivity index (χ4n) is 3.77. The first kappa shape index (κ1) is 19.7. The van der Waals surface area contributed by atoms with Crippen LogP contribution in [0.3, 0.4) is 0 Å². The van der Waals surface area contributed by atoms with E-state index >= 15 is 0 Å². The number of piperidine rings is 1. The summed E-state index contributed by atoms with van der Waals surface area (Å²) in [6, 6.07) is 27.1. The van der Waals surface area contributed by atoms with E-state index in [0.717, 1.165) is 42.6 Å². The van der Waals surface area contributed by atoms with Crippen molar-refractivity contribution in [1.29, 1.82) is 5.26 Å². The summed E-state index contributed by atoms with van der Waals surface area (Å²) in [7, 11) is 0. The Kier molecular flexibility index (Phi) is 6.10. The van der Waals surface area contributed by atoms with E-state index < -0.39 is 6.10 Å². The van der Waals surface area contributed by atoms with Crippen molar-refractivity contribution in [2.75, 3.05) is 13.1 Å². The summed E-state index contributed by atoms with van der Waals surface area (Å²) in [6.07, 6.45) is 2.63. The van der Waals surface area contributed by atoms with E-state index in [9.17, 15) is 4.79 Å². The number of hydrogen-bond donors (Lipinski definition) is 0. The normalized spacial score (nSPS) is 14.6. The molecule has 1 atom stereocenters. The van der Waals surface area contributed by atoms with E-state index in [0.29, 0.717) is 11.3 Å². The molecule has 1 saturated heterocycles. The van der Waals surface area contributed by atoms with Gasteiger partial charge in [0.25, 0.3) is 5.91 Å². The minimum atomic E-state index is -0.648. The fourth-order valence-corrected chi connectivity index (χ4v) is 3.77. The Morgan fingerprint density at radius 3 is 2.03 bits per heavy atom. The van der Waals surface area contributed by atoms with Crippen LogP contribution in [0.5, 0.6) is 5.75 Å². The van der Waals surface area contributed by atoms with Gasteiger partial charge in [-0.1, -0.05) is 54.6 Å². The zero-order valence-corrected chi connectivity index (χ0v) is 16.8. The second kappa shape index (κ2) is 9.28. The quantitative estimate of drug-likeness (QED) is 0.583. The van der Waals surface area contributed by atoms with Crippen LogP contribution in [-0.2, 0) is 4.79 Å². The maximum Gasteiger partial charge on any atom is 0.268 e. The number of hydrogen-bond acceptors (Lipinski definition) is 3. The molecule has 1 aliphatic heterocycles. The van der Waals surface area contributed by atoms with Gasteiger partial charge in [-0.2, -0.15) is 5.26 Å². The summed E-state index contributed by atoms with van der Waals surface area (Å²) in [5.41, 5.74) is 3.57. The van der Waals surface area contributed by atoms with Crippen LogP contribution in [0, 0.1) is 11.3 Å². The Hall–Kier alpha value is -3.58. The molecule has 0 aromatic heterocycles. The highest BCUT2D eigenvalue weighted by Gasteiger charge is 2.28. The van der Waals surface area contributed by atoms with Gasteiger partial charge < -0.3 is 9.64 Å². The van der Waals surface area contributed by atoms with Gasteiger partial charge in [-0.05, 0) is 54.7 Å². The molecule has 150 valence electrons. The van der Waals surface area contributed by atoms with Crippen molar-refractivity contribution in [3.8, 4) is 22.9 Å². The Morgan fingerprint density at radius 1 is 0.833 bits per heavy atom. The summed E-state index contributed by atoms with van der Waals surface area (Å²) in [4.78, 5) is 15.1. The summed E-state index contributed by atoms with van der Waals surface area (Å²) < 4.78 is 6.21. The standard InChI is InChI=1S/C26H24N2O2/c27-19-20-9-11-21(12-10-20)22-13-15-24(16-14-22)30-25(23-7-3-1-4-8-23)26(29)28-17-5-2-6-18-28/h1,3-4,7-16,25H,2,5-6,17-18H2/t25-/m0/s1. The van der Waals surface area contributed by atoms with Gasteiger partial charge in [0.2, 0.25) is 6.10 Å². The monoisotopic (exact) mass is 396 g/mol. The van der Waals surface area contributed by atoms with Crippen molar-refractivity contribution >= 4 is 5.91 Å². The van der Waals surface area contributed by atoms with Crippen molar-refractivity contribution in [3.63, 3.8) is 0 Å². The number of likely N-dealkylation sites (tertiary alicyclic amines) is 1. The second-order valence-electron chi connectivity index (χ2n) is 7.51. The molecule has 0 radical (unpaired) electrons. The van der Waals surface area contributed by atoms with Crippen LogP contribution in [0.2, 0.25) is 0 Å². The molecule has 3 aromatic rings. The van der Waals surface area contributed by atoms with Crippen molar-refractivity contribution in [1.82, 2.24) is 4.90 Å². The van der Waals surface area contributed by atoms with E-state index in [1.807, 2.05) is 83.8 Å². The largest absolute Gasteiger partial charge is 0.476 e. The molecule has 0 spiro atoms. The molecule has 4 nitrogen and oxygen atoms in total. The van der Waals surface area contributed by atoms with E-state index in [1.54, 1.807) is 0 Å². The molecule has 1 amide bonds. The molecule has 1 aliphatic rings. The molecule has 30 heavy (non-hydrogen) atoms. The molecule has 0 N–H and O–H groups in total. The molecule has 4 heteroatoms. The Morgan fingerprint density at radius 2 is 1.43 bits per heavy atom. The van der Waals surface area contributed by atoms with Crippen molar-refractivity contribution in [3.05, 3.63) is 90.0 Å². The lowest BCUT2D eigenvalue weighted by Crippen LogP contribution is -2.40. The van der Waals surface area contributed by atoms with Crippen LogP contribution < -0.4 is 4.74 Å². The number of rotatable bonds is 5. The van der Waals surface area contributed by atoms with Crippen LogP contribution in [0.25, 0.3) is 11.1 Å². The molecule has 0 bridgehead atoms. The third-order valence-electron chi connectivity index (χ3n) is 5.45. The van der Waals surface area contributed by atoms with E-state index in [1.165, 1.54) is 6.42 Å². The molecule has 3 aromatic carbocycles. The van der Waals surface area contributed by atoms with Gasteiger partial charge in [0.05, 0.1) is 11.6 Å². The number of ether oxygens (including phenoxy) is 1. The second-order valence-corrected chi connectivity index (χ2v) is 7.51. The lowest BCUT2D eigenvalue weighted by atomic mass is 10.0. The zero-order valence-electron chi connectivity index (χ0n) is 16.8. The fraction of sp³-hybridized carbons (Fsp3) is 0.231. The lowest BCUT2D eigenvalue weighted by molar-refractivity contribution is -0.140. The highest BCUT2D eigenvalue weighted by molar-refractivity contribution is 5.83. The lowest BCUT2D eigenvalue weighted by Gasteiger charge is -2.30. The van der Waals surface area contributed by atoms with E-state index in [4.69, 9.17) is 10.00 Å². The molecule has 1 fully saturated rings. The summed E-state index contributed by atoms with van der Waals surface area (Å²) in [6.45, 7) is 1.59. The summed E-state index contributed by atoms with van der Waals surface area (Å²) >= 11 is 0. The highest BCUT2D eigenvalue weighted by Crippen LogP contribution is 2.28. The van der Waals surface area contributed by atoms with Crippen molar-refractivity contribution < 1.29 is 9.53 Å². The Bertz CT molecular complexity index is 1020. The predicted molar refractivity (Wildman–Crippen MR) is 117 cm³/mol. The van der Waals surface area contributed by atoms with Gasteiger partial charge in [0.15, 0.2) is 0 Å². The Labute approximate surface area is 177 Å². The average molecular weight is 396 g/mol. The predicted octanol–water partition coefficient (Wildman–Crippen LogP) is 5.36. The number of carbonyl (C=O) groups is 1.